The van der Waals surface area contributed by atoms with Gasteiger partial charge >= 0.3 is 0 Å². The first kappa shape index (κ1) is 14.8. The zero-order chi connectivity index (χ0) is 15.6. The van der Waals surface area contributed by atoms with Crippen molar-refractivity contribution in [3.8, 4) is 11.5 Å². The number of anilines is 3. The highest BCUT2D eigenvalue weighted by atomic mass is 19.2. The Kier molecular flexibility index (Phi) is 4.11. The van der Waals surface area contributed by atoms with Gasteiger partial charge in [0.15, 0.2) is 29.0 Å². The second-order valence-electron chi connectivity index (χ2n) is 4.14. The van der Waals surface area contributed by atoms with Crippen LogP contribution in [-0.2, 0) is 0 Å². The Balaban J connectivity index is 2.42. The predicted molar refractivity (Wildman–Crippen MR) is 73.6 cm³/mol. The summed E-state index contributed by atoms with van der Waals surface area (Å²) in [5.74, 6) is -3.40. The summed E-state index contributed by atoms with van der Waals surface area (Å²) in [4.78, 5) is 0. The molecule has 0 aromatic heterocycles. The van der Waals surface area contributed by atoms with Crippen LogP contribution in [0.15, 0.2) is 24.3 Å². The molecule has 2 rings (SSSR count). The molecule has 0 amide bonds. The highest BCUT2D eigenvalue weighted by molar-refractivity contribution is 5.76. The van der Waals surface area contributed by atoms with Gasteiger partial charge in [-0.25, -0.2) is 13.2 Å². The number of rotatable bonds is 4. The van der Waals surface area contributed by atoms with E-state index in [1.165, 1.54) is 26.4 Å². The van der Waals surface area contributed by atoms with Gasteiger partial charge in [0, 0.05) is 12.1 Å². The fourth-order valence-electron chi connectivity index (χ4n) is 1.77. The summed E-state index contributed by atoms with van der Waals surface area (Å²) in [5.41, 5.74) is 6.06. The molecule has 2 aromatic rings. The van der Waals surface area contributed by atoms with Crippen LogP contribution in [0.5, 0.6) is 11.5 Å². The highest BCUT2D eigenvalue weighted by Gasteiger charge is 2.15. The number of hydrogen-bond acceptors (Lipinski definition) is 4. The molecule has 112 valence electrons. The Morgan fingerprint density at radius 2 is 1.52 bits per heavy atom. The Bertz CT molecular complexity index is 678. The first-order chi connectivity index (χ1) is 9.97. The van der Waals surface area contributed by atoms with Gasteiger partial charge in [0.1, 0.15) is 0 Å². The third kappa shape index (κ3) is 2.81. The van der Waals surface area contributed by atoms with E-state index in [2.05, 4.69) is 5.32 Å². The lowest BCUT2D eigenvalue weighted by atomic mass is 10.2. The summed E-state index contributed by atoms with van der Waals surface area (Å²) in [6.45, 7) is 0. The van der Waals surface area contributed by atoms with Crippen molar-refractivity contribution in [3.05, 3.63) is 41.7 Å². The molecule has 4 nitrogen and oxygen atoms in total. The van der Waals surface area contributed by atoms with Crippen LogP contribution in [0.25, 0.3) is 0 Å². The average Bonchev–Trinajstić information content (AvgIpc) is 2.49. The first-order valence-electron chi connectivity index (χ1n) is 5.90. The van der Waals surface area contributed by atoms with Crippen molar-refractivity contribution in [2.75, 3.05) is 25.3 Å². The van der Waals surface area contributed by atoms with Crippen LogP contribution in [0.1, 0.15) is 0 Å². The third-order valence-electron chi connectivity index (χ3n) is 2.86. The summed E-state index contributed by atoms with van der Waals surface area (Å²) < 4.78 is 49.9. The van der Waals surface area contributed by atoms with Crippen LogP contribution in [0.3, 0.4) is 0 Å². The van der Waals surface area contributed by atoms with Gasteiger partial charge in [-0.15, -0.1) is 0 Å². The van der Waals surface area contributed by atoms with Crippen molar-refractivity contribution in [2.45, 2.75) is 0 Å². The molecule has 0 radical (unpaired) electrons. The van der Waals surface area contributed by atoms with Crippen LogP contribution >= 0.6 is 0 Å². The summed E-state index contributed by atoms with van der Waals surface area (Å²) in [7, 11) is 2.87. The van der Waals surface area contributed by atoms with E-state index in [0.717, 1.165) is 12.1 Å². The SMILES string of the molecule is COc1cc(N)c(Nc2ccc(F)c(F)c2F)cc1OC. The van der Waals surface area contributed by atoms with Gasteiger partial charge in [0.25, 0.3) is 0 Å². The average molecular weight is 298 g/mol. The van der Waals surface area contributed by atoms with E-state index in [1.807, 2.05) is 0 Å². The maximum Gasteiger partial charge on any atom is 0.196 e. The molecule has 0 aliphatic rings. The minimum absolute atomic E-state index is 0.233. The Labute approximate surface area is 119 Å². The van der Waals surface area contributed by atoms with Crippen molar-refractivity contribution in [1.82, 2.24) is 0 Å². The first-order valence-corrected chi connectivity index (χ1v) is 5.90. The van der Waals surface area contributed by atoms with Crippen LogP contribution < -0.4 is 20.5 Å². The zero-order valence-corrected chi connectivity index (χ0v) is 11.3. The number of hydrogen-bond donors (Lipinski definition) is 2. The highest BCUT2D eigenvalue weighted by Crippen LogP contribution is 2.36. The molecule has 0 heterocycles. The maximum absolute atomic E-state index is 13.6. The summed E-state index contributed by atoms with van der Waals surface area (Å²) >= 11 is 0. The van der Waals surface area contributed by atoms with E-state index < -0.39 is 17.5 Å². The van der Waals surface area contributed by atoms with Crippen LogP contribution in [-0.4, -0.2) is 14.2 Å². The standard InChI is InChI=1S/C14H13F3N2O2/c1-20-11-5-8(18)10(6-12(11)21-2)19-9-4-3-7(15)13(16)14(9)17/h3-6,19H,18H2,1-2H3. The molecule has 0 aliphatic heterocycles. The lowest BCUT2D eigenvalue weighted by Gasteiger charge is -2.14. The monoisotopic (exact) mass is 298 g/mol. The molecular weight excluding hydrogens is 285 g/mol. The van der Waals surface area contributed by atoms with Gasteiger partial charge in [-0.2, -0.15) is 0 Å². The van der Waals surface area contributed by atoms with Gasteiger partial charge < -0.3 is 20.5 Å². The molecule has 0 fully saturated rings. The maximum atomic E-state index is 13.6. The van der Waals surface area contributed by atoms with Crippen molar-refractivity contribution in [1.29, 1.82) is 0 Å². The summed E-state index contributed by atoms with van der Waals surface area (Å²) in [6, 6.07) is 4.83. The smallest absolute Gasteiger partial charge is 0.196 e. The quantitative estimate of drug-likeness (QED) is 0.670. The zero-order valence-electron chi connectivity index (χ0n) is 11.3. The van der Waals surface area contributed by atoms with Gasteiger partial charge in [0.05, 0.1) is 31.3 Å². The van der Waals surface area contributed by atoms with E-state index in [9.17, 15) is 13.2 Å². The van der Waals surface area contributed by atoms with E-state index in [1.54, 1.807) is 0 Å². The molecular formula is C14H13F3N2O2. The van der Waals surface area contributed by atoms with Crippen molar-refractivity contribution in [3.63, 3.8) is 0 Å². The van der Waals surface area contributed by atoms with Gasteiger partial charge in [-0.05, 0) is 12.1 Å². The van der Waals surface area contributed by atoms with E-state index in [0.29, 0.717) is 11.5 Å². The van der Waals surface area contributed by atoms with Crippen LogP contribution in [0.2, 0.25) is 0 Å². The summed E-state index contributed by atoms with van der Waals surface area (Å²) in [5, 5.41) is 2.59. The molecule has 0 saturated heterocycles. The predicted octanol–water partition coefficient (Wildman–Crippen LogP) is 3.45. The van der Waals surface area contributed by atoms with Crippen LogP contribution in [0.4, 0.5) is 30.2 Å². The number of nitrogens with two attached hydrogens (primary N) is 1. The van der Waals surface area contributed by atoms with E-state index >= 15 is 0 Å². The van der Waals surface area contributed by atoms with E-state index in [4.69, 9.17) is 15.2 Å². The van der Waals surface area contributed by atoms with Gasteiger partial charge in [0.2, 0.25) is 0 Å². The Morgan fingerprint density at radius 1 is 0.905 bits per heavy atom. The number of halogens is 3. The van der Waals surface area contributed by atoms with Crippen molar-refractivity contribution < 1.29 is 22.6 Å². The lowest BCUT2D eigenvalue weighted by molar-refractivity contribution is 0.355. The molecule has 0 atom stereocenters. The largest absolute Gasteiger partial charge is 0.493 e. The third-order valence-corrected chi connectivity index (χ3v) is 2.86. The van der Waals surface area contributed by atoms with Crippen molar-refractivity contribution in [2.24, 2.45) is 0 Å². The minimum atomic E-state index is -1.56. The topological polar surface area (TPSA) is 56.5 Å². The molecule has 3 N–H and O–H groups in total. The Morgan fingerprint density at radius 3 is 2.14 bits per heavy atom. The fraction of sp³-hybridized carbons (Fsp3) is 0.143. The minimum Gasteiger partial charge on any atom is -0.493 e. The summed E-state index contributed by atoms with van der Waals surface area (Å²) in [6.07, 6.45) is 0. The fourth-order valence-corrected chi connectivity index (χ4v) is 1.77. The van der Waals surface area contributed by atoms with Crippen LogP contribution in [0, 0.1) is 17.5 Å². The molecule has 7 heteroatoms. The number of methoxy groups -OCH3 is 2. The molecule has 0 aliphatic carbocycles. The molecule has 21 heavy (non-hydrogen) atoms. The molecule has 0 bridgehead atoms. The normalized spacial score (nSPS) is 10.3. The number of benzene rings is 2. The molecule has 0 unspecified atom stereocenters. The molecule has 2 aromatic carbocycles. The second kappa shape index (κ2) is 5.82. The number of ether oxygens (including phenoxy) is 2. The Hall–Kier alpha value is -2.57. The van der Waals surface area contributed by atoms with Crippen molar-refractivity contribution >= 4 is 17.1 Å². The number of nitrogens with one attached hydrogen (secondary N) is 1. The molecule has 0 saturated carbocycles. The number of nitrogen functional groups attached to an aromatic ring is 1. The van der Waals surface area contributed by atoms with E-state index in [-0.39, 0.29) is 17.1 Å². The lowest BCUT2D eigenvalue weighted by Crippen LogP contribution is -2.02. The second-order valence-corrected chi connectivity index (χ2v) is 4.14. The molecule has 0 spiro atoms. The van der Waals surface area contributed by atoms with Gasteiger partial charge in [-0.3, -0.25) is 0 Å². The van der Waals surface area contributed by atoms with Gasteiger partial charge in [-0.1, -0.05) is 0 Å².